The van der Waals surface area contributed by atoms with E-state index in [-0.39, 0.29) is 22.1 Å². The topological polar surface area (TPSA) is 102 Å². The number of nitrogens with zero attached hydrogens (tertiary/aromatic N) is 1. The molecule has 10 heteroatoms. The van der Waals surface area contributed by atoms with Gasteiger partial charge in [0.15, 0.2) is 0 Å². The number of esters is 1. The van der Waals surface area contributed by atoms with Crippen LogP contribution in [0.1, 0.15) is 32.4 Å². The van der Waals surface area contributed by atoms with Gasteiger partial charge in [0.1, 0.15) is 10.8 Å². The van der Waals surface area contributed by atoms with Crippen molar-refractivity contribution >= 4 is 39.3 Å². The lowest BCUT2D eigenvalue weighted by Crippen LogP contribution is -2.36. The summed E-state index contributed by atoms with van der Waals surface area (Å²) in [6.07, 6.45) is 0. The minimum absolute atomic E-state index is 0.0267. The van der Waals surface area contributed by atoms with E-state index in [4.69, 9.17) is 9.88 Å². The van der Waals surface area contributed by atoms with Crippen LogP contribution in [-0.2, 0) is 19.6 Å². The van der Waals surface area contributed by atoms with Gasteiger partial charge in [0, 0.05) is 19.1 Å². The van der Waals surface area contributed by atoms with Crippen LogP contribution < -0.4 is 10.5 Å². The van der Waals surface area contributed by atoms with E-state index in [2.05, 4.69) is 9.62 Å². The van der Waals surface area contributed by atoms with Gasteiger partial charge in [0.25, 0.3) is 0 Å². The predicted molar refractivity (Wildman–Crippen MR) is 95.3 cm³/mol. The molecule has 0 radical (unpaired) electrons. The molecule has 7 nitrogen and oxygen atoms in total. The monoisotopic (exact) mass is 393 g/mol. The lowest BCUT2D eigenvalue weighted by atomic mass is 10.1. The average molecular weight is 394 g/mol. The Morgan fingerprint density at radius 2 is 2.25 bits per heavy atom. The Morgan fingerprint density at radius 3 is 2.83 bits per heavy atom. The maximum atomic E-state index is 11.6. The van der Waals surface area contributed by atoms with Crippen LogP contribution in [0.3, 0.4) is 0 Å². The van der Waals surface area contributed by atoms with Gasteiger partial charge in [-0.25, -0.2) is 17.9 Å². The van der Waals surface area contributed by atoms with Gasteiger partial charge in [-0.15, -0.1) is 11.3 Å². The van der Waals surface area contributed by atoms with Crippen LogP contribution in [0.15, 0.2) is 14.5 Å². The van der Waals surface area contributed by atoms with Crippen molar-refractivity contribution in [2.24, 2.45) is 11.1 Å². The molecule has 1 aliphatic heterocycles. The van der Waals surface area contributed by atoms with Crippen LogP contribution >= 0.6 is 23.3 Å². The van der Waals surface area contributed by atoms with Crippen LogP contribution in [0.2, 0.25) is 0 Å². The minimum Gasteiger partial charge on any atom is -0.464 e. The fourth-order valence-corrected chi connectivity index (χ4v) is 5.77. The third kappa shape index (κ3) is 4.93. The first kappa shape index (κ1) is 19.7. The second-order valence-electron chi connectivity index (χ2n) is 5.76. The highest BCUT2D eigenvalue weighted by atomic mass is 32.3. The molecule has 0 unspecified atom stereocenters. The zero-order chi connectivity index (χ0) is 17.9. The third-order valence-electron chi connectivity index (χ3n) is 3.46. The van der Waals surface area contributed by atoms with Gasteiger partial charge in [-0.2, -0.15) is 0 Å². The molecular weight excluding hydrogens is 370 g/mol. The van der Waals surface area contributed by atoms with Crippen LogP contribution in [0.25, 0.3) is 0 Å². The smallest absolute Gasteiger partial charge is 0.308 e. The van der Waals surface area contributed by atoms with Crippen molar-refractivity contribution in [3.8, 4) is 0 Å². The highest BCUT2D eigenvalue weighted by molar-refractivity contribution is 7.99. The van der Waals surface area contributed by atoms with Crippen LogP contribution in [-0.4, -0.2) is 44.9 Å². The van der Waals surface area contributed by atoms with Crippen molar-refractivity contribution in [1.82, 2.24) is 9.62 Å². The van der Waals surface area contributed by atoms with Crippen LogP contribution in [0.4, 0.5) is 0 Å². The molecule has 0 saturated heterocycles. The highest BCUT2D eigenvalue weighted by Gasteiger charge is 2.30. The van der Waals surface area contributed by atoms with E-state index < -0.39 is 10.0 Å². The second kappa shape index (κ2) is 8.15. The van der Waals surface area contributed by atoms with Gasteiger partial charge in [-0.1, -0.05) is 20.8 Å². The molecule has 1 aromatic heterocycles. The fourth-order valence-electron chi connectivity index (χ4n) is 2.25. The van der Waals surface area contributed by atoms with Crippen molar-refractivity contribution in [3.63, 3.8) is 0 Å². The molecule has 3 N–H and O–H groups in total. The zero-order valence-corrected chi connectivity index (χ0v) is 16.4. The van der Waals surface area contributed by atoms with Crippen LogP contribution in [0, 0.1) is 5.92 Å². The summed E-state index contributed by atoms with van der Waals surface area (Å²) in [5, 5.41) is 8.61. The minimum atomic E-state index is -3.70. The molecule has 2 heterocycles. The van der Waals surface area contributed by atoms with Crippen molar-refractivity contribution in [3.05, 3.63) is 11.6 Å². The summed E-state index contributed by atoms with van der Waals surface area (Å²) in [5.74, 6) is -0.358. The first-order chi connectivity index (χ1) is 11.2. The Morgan fingerprint density at radius 1 is 1.54 bits per heavy atom. The summed E-state index contributed by atoms with van der Waals surface area (Å²) in [7, 11) is -3.70. The van der Waals surface area contributed by atoms with E-state index >= 15 is 0 Å². The van der Waals surface area contributed by atoms with Gasteiger partial charge in [0.05, 0.1) is 10.1 Å². The molecule has 24 heavy (non-hydrogen) atoms. The van der Waals surface area contributed by atoms with Gasteiger partial charge >= 0.3 is 5.97 Å². The van der Waals surface area contributed by atoms with Crippen LogP contribution in [0.5, 0.6) is 0 Å². The molecular formula is C14H23N3O4S3. The van der Waals surface area contributed by atoms with E-state index in [0.717, 1.165) is 16.3 Å². The number of primary sulfonamides is 1. The Hall–Kier alpha value is -0.650. The number of nitrogens with two attached hydrogens (primary N) is 1. The Balaban J connectivity index is 2.08. The number of rotatable bonds is 7. The van der Waals surface area contributed by atoms with Gasteiger partial charge in [0.2, 0.25) is 10.0 Å². The van der Waals surface area contributed by atoms with Gasteiger partial charge < -0.3 is 10.1 Å². The molecule has 0 aliphatic carbocycles. The standard InChI is InChI=1S/C14H23N3O4S3/c1-4-16-11-8-17(5-6-21-13(18)9(2)3)23-14-10(11)7-12(22-14)24(15,19)20/h7,9,11,16H,4-6,8H2,1-3H3,(H2,15,19,20)/t11-/m0/s1. The molecule has 0 amide bonds. The number of carbonyl (C=O) groups is 1. The molecule has 0 saturated carbocycles. The molecule has 0 bridgehead atoms. The van der Waals surface area contributed by atoms with Crippen molar-refractivity contribution in [1.29, 1.82) is 0 Å². The van der Waals surface area contributed by atoms with E-state index in [0.29, 0.717) is 19.7 Å². The van der Waals surface area contributed by atoms with Gasteiger partial charge in [-0.3, -0.25) is 4.79 Å². The Labute approximate surface area is 151 Å². The van der Waals surface area contributed by atoms with Crippen molar-refractivity contribution in [2.45, 2.75) is 35.2 Å². The molecule has 0 aromatic carbocycles. The quantitative estimate of drug-likeness (QED) is 0.535. The van der Waals surface area contributed by atoms with Crippen molar-refractivity contribution in [2.75, 3.05) is 26.2 Å². The number of ether oxygens (including phenoxy) is 1. The summed E-state index contributed by atoms with van der Waals surface area (Å²) in [5.41, 5.74) is 0.964. The number of sulfonamides is 1. The zero-order valence-electron chi connectivity index (χ0n) is 13.9. The average Bonchev–Trinajstić information content (AvgIpc) is 2.91. The first-order valence-corrected chi connectivity index (χ1v) is 10.9. The summed E-state index contributed by atoms with van der Waals surface area (Å²) in [4.78, 5) is 11.5. The molecule has 1 atom stereocenters. The van der Waals surface area contributed by atoms with Crippen molar-refractivity contribution < 1.29 is 17.9 Å². The van der Waals surface area contributed by atoms with Gasteiger partial charge in [-0.05, 0) is 30.1 Å². The first-order valence-electron chi connectivity index (χ1n) is 7.71. The second-order valence-corrected chi connectivity index (χ2v) is 9.97. The number of hydrogen-bond acceptors (Lipinski definition) is 8. The molecule has 1 aliphatic rings. The number of fused-ring (bicyclic) bond motifs is 1. The summed E-state index contributed by atoms with van der Waals surface area (Å²) < 4.78 is 31.6. The summed E-state index contributed by atoms with van der Waals surface area (Å²) in [6, 6.07) is 1.69. The largest absolute Gasteiger partial charge is 0.464 e. The number of nitrogens with one attached hydrogen (secondary N) is 1. The molecule has 2 rings (SSSR count). The SMILES string of the molecule is CCN[C@H]1CN(CCOC(=O)C(C)C)Sc2sc(S(N)(=O)=O)cc21. The number of thiophene rings is 1. The third-order valence-corrected chi connectivity index (χ3v) is 7.29. The van der Waals surface area contributed by atoms with E-state index in [9.17, 15) is 13.2 Å². The number of hydrogen-bond donors (Lipinski definition) is 2. The van der Waals surface area contributed by atoms with E-state index in [1.807, 2.05) is 6.92 Å². The van der Waals surface area contributed by atoms with E-state index in [1.54, 1.807) is 19.9 Å². The lowest BCUT2D eigenvalue weighted by molar-refractivity contribution is -0.147. The summed E-state index contributed by atoms with van der Waals surface area (Å²) in [6.45, 7) is 7.95. The normalized spacial score (nSPS) is 18.6. The number of carbonyl (C=O) groups excluding carboxylic acids is 1. The maximum Gasteiger partial charge on any atom is 0.308 e. The lowest BCUT2D eigenvalue weighted by Gasteiger charge is -2.31. The molecule has 0 spiro atoms. The Kier molecular flexibility index (Phi) is 6.68. The molecule has 0 fully saturated rings. The molecule has 136 valence electrons. The molecule has 1 aromatic rings. The number of likely N-dealkylation sites (N-methyl/N-ethyl adjacent to an activating group) is 1. The fraction of sp³-hybridized carbons (Fsp3) is 0.643. The highest BCUT2D eigenvalue weighted by Crippen LogP contribution is 2.43. The Bertz CT molecular complexity index is 687. The van der Waals surface area contributed by atoms with E-state index in [1.165, 1.54) is 23.3 Å². The summed E-state index contributed by atoms with van der Waals surface area (Å²) >= 11 is 2.67. The predicted octanol–water partition coefficient (Wildman–Crippen LogP) is 1.57. The maximum absolute atomic E-state index is 11.6.